The van der Waals surface area contributed by atoms with Gasteiger partial charge in [-0.15, -0.1) is 0 Å². The van der Waals surface area contributed by atoms with Crippen LogP contribution in [0.1, 0.15) is 17.5 Å². The van der Waals surface area contributed by atoms with Crippen molar-refractivity contribution in [3.8, 4) is 6.07 Å². The second kappa shape index (κ2) is 4.99. The molecule has 5 heteroatoms. The van der Waals surface area contributed by atoms with Crippen LogP contribution in [0.25, 0.3) is 5.52 Å². The average molecular weight is 269 g/mol. The van der Waals surface area contributed by atoms with E-state index in [0.717, 1.165) is 24.2 Å². The molecule has 3 heterocycles. The molecule has 0 aromatic carbocycles. The molecule has 0 bridgehead atoms. The first-order valence-corrected chi connectivity index (χ1v) is 6.60. The number of hydrogen-bond acceptors (Lipinski definition) is 3. The van der Waals surface area contributed by atoms with Gasteiger partial charge in [0.1, 0.15) is 6.07 Å². The lowest BCUT2D eigenvalue weighted by Gasteiger charge is -2.38. The molecule has 1 saturated heterocycles. The van der Waals surface area contributed by atoms with E-state index in [-0.39, 0.29) is 12.3 Å². The zero-order valence-electron chi connectivity index (χ0n) is 11.0. The van der Waals surface area contributed by atoms with Crippen LogP contribution >= 0.6 is 0 Å². The van der Waals surface area contributed by atoms with Gasteiger partial charge in [0.15, 0.2) is 0 Å². The summed E-state index contributed by atoms with van der Waals surface area (Å²) in [7, 11) is 0. The Morgan fingerprint density at radius 2 is 2.25 bits per heavy atom. The lowest BCUT2D eigenvalue weighted by atomic mass is 9.95. The minimum Gasteiger partial charge on any atom is -0.481 e. The third kappa shape index (κ3) is 2.26. The van der Waals surface area contributed by atoms with Gasteiger partial charge in [-0.05, 0) is 18.1 Å². The summed E-state index contributed by atoms with van der Waals surface area (Å²) in [5.41, 5.74) is 2.65. The Bertz CT molecular complexity index is 693. The third-order valence-corrected chi connectivity index (χ3v) is 3.76. The number of carbonyl (C=O) groups is 1. The number of nitrogens with zero attached hydrogens (tertiary/aromatic N) is 3. The van der Waals surface area contributed by atoms with Crippen molar-refractivity contribution in [3.05, 3.63) is 41.7 Å². The first-order chi connectivity index (χ1) is 9.67. The van der Waals surface area contributed by atoms with Crippen molar-refractivity contribution in [3.63, 3.8) is 0 Å². The van der Waals surface area contributed by atoms with E-state index in [4.69, 9.17) is 5.11 Å². The lowest BCUT2D eigenvalue weighted by molar-refractivity contribution is -0.139. The number of rotatable bonds is 4. The first-order valence-electron chi connectivity index (χ1n) is 6.60. The Morgan fingerprint density at radius 3 is 2.95 bits per heavy atom. The van der Waals surface area contributed by atoms with E-state index in [0.29, 0.717) is 12.1 Å². The molecule has 1 aliphatic heterocycles. The monoisotopic (exact) mass is 269 g/mol. The van der Waals surface area contributed by atoms with Gasteiger partial charge in [-0.2, -0.15) is 5.26 Å². The molecule has 0 aliphatic carbocycles. The maximum atomic E-state index is 10.6. The zero-order valence-corrected chi connectivity index (χ0v) is 11.0. The fraction of sp³-hybridized carbons (Fsp3) is 0.333. The molecule has 1 fully saturated rings. The van der Waals surface area contributed by atoms with E-state index in [9.17, 15) is 10.1 Å². The summed E-state index contributed by atoms with van der Waals surface area (Å²) in [4.78, 5) is 12.8. The van der Waals surface area contributed by atoms with Gasteiger partial charge in [0.25, 0.3) is 0 Å². The van der Waals surface area contributed by atoms with Gasteiger partial charge in [0.2, 0.25) is 0 Å². The molecular formula is C15H15N3O2. The summed E-state index contributed by atoms with van der Waals surface area (Å²) >= 11 is 0. The van der Waals surface area contributed by atoms with Crippen LogP contribution in [0.4, 0.5) is 0 Å². The van der Waals surface area contributed by atoms with Crippen LogP contribution in [0, 0.1) is 17.2 Å². The molecule has 2 aromatic rings. The van der Waals surface area contributed by atoms with Crippen LogP contribution in [0.5, 0.6) is 0 Å². The number of carboxylic acids is 1. The van der Waals surface area contributed by atoms with Crippen LogP contribution in [0.15, 0.2) is 30.6 Å². The van der Waals surface area contributed by atoms with E-state index in [1.165, 1.54) is 0 Å². The second-order valence-corrected chi connectivity index (χ2v) is 5.29. The van der Waals surface area contributed by atoms with Crippen molar-refractivity contribution in [2.45, 2.75) is 13.0 Å². The quantitative estimate of drug-likeness (QED) is 0.917. The Kier molecular flexibility index (Phi) is 3.17. The molecule has 0 spiro atoms. The zero-order chi connectivity index (χ0) is 14.1. The number of pyridine rings is 1. The highest BCUT2D eigenvalue weighted by Gasteiger charge is 2.29. The van der Waals surface area contributed by atoms with Crippen LogP contribution in [0.2, 0.25) is 0 Å². The van der Waals surface area contributed by atoms with E-state index in [1.54, 1.807) is 0 Å². The molecule has 1 aliphatic rings. The van der Waals surface area contributed by atoms with Crippen molar-refractivity contribution < 1.29 is 9.90 Å². The number of aliphatic carboxylic acids is 1. The fourth-order valence-electron chi connectivity index (χ4n) is 2.85. The van der Waals surface area contributed by atoms with Crippen LogP contribution in [0.3, 0.4) is 0 Å². The first kappa shape index (κ1) is 12.7. The van der Waals surface area contributed by atoms with Crippen LogP contribution in [-0.2, 0) is 11.3 Å². The van der Waals surface area contributed by atoms with Crippen LogP contribution in [-0.4, -0.2) is 33.5 Å². The average Bonchev–Trinajstić information content (AvgIpc) is 2.72. The van der Waals surface area contributed by atoms with E-state index < -0.39 is 5.97 Å². The van der Waals surface area contributed by atoms with Gasteiger partial charge in [0, 0.05) is 37.6 Å². The number of hydrogen-bond donors (Lipinski definition) is 1. The van der Waals surface area contributed by atoms with Crippen molar-refractivity contribution in [1.82, 2.24) is 9.30 Å². The summed E-state index contributed by atoms with van der Waals surface area (Å²) in [6.07, 6.45) is 4.15. The molecule has 1 N–H and O–H groups in total. The van der Waals surface area contributed by atoms with E-state index in [1.807, 2.05) is 35.0 Å². The van der Waals surface area contributed by atoms with Gasteiger partial charge < -0.3 is 9.51 Å². The third-order valence-electron chi connectivity index (χ3n) is 3.76. The van der Waals surface area contributed by atoms with Crippen molar-refractivity contribution in [1.29, 1.82) is 5.26 Å². The minimum absolute atomic E-state index is 0.235. The minimum atomic E-state index is -0.734. The SMILES string of the molecule is N#Cc1c(CN2CC(CC(=O)O)C2)cn2ccccc12. The standard InChI is InChI=1S/C15H15N3O2/c16-6-13-12(10-18-4-2-1-3-14(13)18)9-17-7-11(8-17)5-15(19)20/h1-4,10-11H,5,7-9H2,(H,19,20). The number of nitriles is 1. The highest BCUT2D eigenvalue weighted by Crippen LogP contribution is 2.25. The molecule has 0 radical (unpaired) electrons. The molecule has 0 amide bonds. The highest BCUT2D eigenvalue weighted by molar-refractivity contribution is 5.67. The van der Waals surface area contributed by atoms with E-state index in [2.05, 4.69) is 11.0 Å². The normalized spacial score (nSPS) is 15.9. The summed E-state index contributed by atoms with van der Waals surface area (Å²) in [6.45, 7) is 2.30. The Hall–Kier alpha value is -2.32. The van der Waals surface area contributed by atoms with E-state index >= 15 is 0 Å². The predicted molar refractivity (Wildman–Crippen MR) is 73.1 cm³/mol. The fourth-order valence-corrected chi connectivity index (χ4v) is 2.85. The Labute approximate surface area is 116 Å². The number of fused-ring (bicyclic) bond motifs is 1. The summed E-state index contributed by atoms with van der Waals surface area (Å²) < 4.78 is 1.96. The molecule has 0 saturated carbocycles. The largest absolute Gasteiger partial charge is 0.481 e. The molecule has 3 rings (SSSR count). The lowest BCUT2D eigenvalue weighted by Crippen LogP contribution is -2.46. The van der Waals surface area contributed by atoms with Gasteiger partial charge in [-0.3, -0.25) is 9.69 Å². The maximum absolute atomic E-state index is 10.6. The number of aromatic nitrogens is 1. The molecule has 20 heavy (non-hydrogen) atoms. The van der Waals surface area contributed by atoms with Crippen molar-refractivity contribution in [2.75, 3.05) is 13.1 Å². The van der Waals surface area contributed by atoms with Gasteiger partial charge in [-0.1, -0.05) is 6.07 Å². The topological polar surface area (TPSA) is 68.7 Å². The van der Waals surface area contributed by atoms with Gasteiger partial charge in [0.05, 0.1) is 17.5 Å². The van der Waals surface area contributed by atoms with Crippen LogP contribution < -0.4 is 0 Å². The molecular weight excluding hydrogens is 254 g/mol. The molecule has 0 unspecified atom stereocenters. The smallest absolute Gasteiger partial charge is 0.303 e. The Morgan fingerprint density at radius 1 is 1.45 bits per heavy atom. The summed E-state index contributed by atoms with van der Waals surface area (Å²) in [5.74, 6) is -0.489. The van der Waals surface area contributed by atoms with Crippen molar-refractivity contribution in [2.24, 2.45) is 5.92 Å². The maximum Gasteiger partial charge on any atom is 0.303 e. The predicted octanol–water partition coefficient (Wildman–Crippen LogP) is 1.72. The number of carboxylic acid groups (broad SMARTS) is 1. The molecule has 2 aromatic heterocycles. The highest BCUT2D eigenvalue weighted by atomic mass is 16.4. The summed E-state index contributed by atoms with van der Waals surface area (Å²) in [5, 5.41) is 18.1. The molecule has 0 atom stereocenters. The molecule has 102 valence electrons. The Balaban J connectivity index is 1.73. The molecule has 5 nitrogen and oxygen atoms in total. The van der Waals surface area contributed by atoms with Gasteiger partial charge in [-0.25, -0.2) is 0 Å². The second-order valence-electron chi connectivity index (χ2n) is 5.29. The summed E-state index contributed by atoms with van der Waals surface area (Å²) in [6, 6.07) is 8.07. The van der Waals surface area contributed by atoms with Crippen molar-refractivity contribution >= 4 is 11.5 Å². The van der Waals surface area contributed by atoms with Gasteiger partial charge >= 0.3 is 5.97 Å². The number of likely N-dealkylation sites (tertiary alicyclic amines) is 1.